The zero-order valence-corrected chi connectivity index (χ0v) is 15.7. The van der Waals surface area contributed by atoms with Crippen LogP contribution in [0.3, 0.4) is 0 Å². The minimum atomic E-state index is -0.240. The van der Waals surface area contributed by atoms with Gasteiger partial charge in [0.15, 0.2) is 5.79 Å². The predicted octanol–water partition coefficient (Wildman–Crippen LogP) is 5.58. The van der Waals surface area contributed by atoms with Crippen molar-refractivity contribution >= 4 is 15.9 Å². The third kappa shape index (κ3) is 2.79. The lowest BCUT2D eigenvalue weighted by Crippen LogP contribution is -2.41. The first kappa shape index (κ1) is 16.1. The minimum absolute atomic E-state index is 0.240. The van der Waals surface area contributed by atoms with Gasteiger partial charge in [0.05, 0.1) is 13.2 Å². The monoisotopic (exact) mass is 378 g/mol. The zero-order chi connectivity index (χ0) is 15.9. The van der Waals surface area contributed by atoms with Gasteiger partial charge in [-0.15, -0.1) is 0 Å². The highest BCUT2D eigenvalue weighted by Gasteiger charge is 2.52. The van der Waals surface area contributed by atoms with E-state index in [-0.39, 0.29) is 5.79 Å². The van der Waals surface area contributed by atoms with Crippen LogP contribution in [0.1, 0.15) is 68.9 Å². The van der Waals surface area contributed by atoms with E-state index in [1.165, 1.54) is 43.0 Å². The maximum Gasteiger partial charge on any atom is 0.168 e. The molecule has 1 aliphatic heterocycles. The molecule has 2 fully saturated rings. The maximum absolute atomic E-state index is 5.97. The van der Waals surface area contributed by atoms with E-state index in [0.29, 0.717) is 11.3 Å². The molecule has 1 saturated carbocycles. The fraction of sp³-hybridized carbons (Fsp3) is 0.700. The lowest BCUT2D eigenvalue weighted by Gasteiger charge is -2.45. The van der Waals surface area contributed by atoms with Crippen molar-refractivity contribution in [3.05, 3.63) is 33.8 Å². The quantitative estimate of drug-likeness (QED) is 0.682. The number of fused-ring (bicyclic) bond motifs is 1. The molecular formula is C20H27BrO2. The van der Waals surface area contributed by atoms with E-state index in [4.69, 9.17) is 9.47 Å². The van der Waals surface area contributed by atoms with Crippen molar-refractivity contribution in [1.29, 1.82) is 0 Å². The van der Waals surface area contributed by atoms with E-state index < -0.39 is 0 Å². The van der Waals surface area contributed by atoms with Crippen LogP contribution in [0.5, 0.6) is 0 Å². The van der Waals surface area contributed by atoms with Gasteiger partial charge in [-0.25, -0.2) is 0 Å². The van der Waals surface area contributed by atoms with Gasteiger partial charge in [0.2, 0.25) is 0 Å². The molecule has 0 aromatic heterocycles. The Kier molecular flexibility index (Phi) is 4.32. The molecule has 126 valence electrons. The SMILES string of the molecule is CCCCC1c2cc(Br)ccc2CC12CCC1(CC2)OCCO1. The summed E-state index contributed by atoms with van der Waals surface area (Å²) in [6.07, 6.45) is 9.83. The van der Waals surface area contributed by atoms with Crippen LogP contribution >= 0.6 is 15.9 Å². The first-order valence-electron chi connectivity index (χ1n) is 9.23. The van der Waals surface area contributed by atoms with E-state index in [1.54, 1.807) is 11.1 Å². The fourth-order valence-corrected chi connectivity index (χ4v) is 5.57. The average Bonchev–Trinajstić information content (AvgIpc) is 3.12. The van der Waals surface area contributed by atoms with Crippen molar-refractivity contribution < 1.29 is 9.47 Å². The van der Waals surface area contributed by atoms with Gasteiger partial charge in [0.25, 0.3) is 0 Å². The third-order valence-corrected chi connectivity index (χ3v) is 6.93. The summed E-state index contributed by atoms with van der Waals surface area (Å²) in [6.45, 7) is 3.86. The summed E-state index contributed by atoms with van der Waals surface area (Å²) in [5.74, 6) is 0.476. The molecule has 2 spiro atoms. The summed E-state index contributed by atoms with van der Waals surface area (Å²) >= 11 is 3.68. The topological polar surface area (TPSA) is 18.5 Å². The Morgan fingerprint density at radius 2 is 1.87 bits per heavy atom. The highest BCUT2D eigenvalue weighted by Crippen LogP contribution is 2.59. The van der Waals surface area contributed by atoms with E-state index in [2.05, 4.69) is 41.1 Å². The van der Waals surface area contributed by atoms with Crippen LogP contribution in [0.2, 0.25) is 0 Å². The number of hydrogen-bond donors (Lipinski definition) is 0. The number of unbranched alkanes of at least 4 members (excludes halogenated alkanes) is 1. The molecule has 1 unspecified atom stereocenters. The second kappa shape index (κ2) is 6.16. The molecule has 0 N–H and O–H groups in total. The molecule has 2 nitrogen and oxygen atoms in total. The van der Waals surface area contributed by atoms with Gasteiger partial charge in [-0.3, -0.25) is 0 Å². The number of rotatable bonds is 3. The van der Waals surface area contributed by atoms with Crippen molar-refractivity contribution in [2.24, 2.45) is 5.41 Å². The first-order chi connectivity index (χ1) is 11.2. The van der Waals surface area contributed by atoms with Gasteiger partial charge in [-0.05, 0) is 60.3 Å². The van der Waals surface area contributed by atoms with E-state index in [9.17, 15) is 0 Å². The Labute approximate surface area is 148 Å². The van der Waals surface area contributed by atoms with Gasteiger partial charge < -0.3 is 9.47 Å². The van der Waals surface area contributed by atoms with Crippen LogP contribution in [-0.4, -0.2) is 19.0 Å². The smallest absolute Gasteiger partial charge is 0.168 e. The second-order valence-electron chi connectivity index (χ2n) is 7.68. The fourth-order valence-electron chi connectivity index (χ4n) is 5.19. The van der Waals surface area contributed by atoms with Crippen LogP contribution in [0, 0.1) is 5.41 Å². The van der Waals surface area contributed by atoms with Crippen LogP contribution < -0.4 is 0 Å². The Hall–Kier alpha value is -0.380. The molecular weight excluding hydrogens is 352 g/mol. The number of benzene rings is 1. The van der Waals surface area contributed by atoms with Gasteiger partial charge in [0.1, 0.15) is 0 Å². The molecule has 1 heterocycles. The summed E-state index contributed by atoms with van der Waals surface area (Å²) in [5, 5.41) is 0. The zero-order valence-electron chi connectivity index (χ0n) is 14.1. The number of hydrogen-bond acceptors (Lipinski definition) is 2. The summed E-state index contributed by atoms with van der Waals surface area (Å²) in [5.41, 5.74) is 3.63. The van der Waals surface area contributed by atoms with Gasteiger partial charge in [-0.2, -0.15) is 0 Å². The van der Waals surface area contributed by atoms with Gasteiger partial charge in [0, 0.05) is 17.3 Å². The standard InChI is InChI=1S/C20H27BrO2/c1-2-3-4-18-17-13-16(21)6-5-15(17)14-19(18)7-9-20(10-8-19)22-11-12-23-20/h5-6,13,18H,2-4,7-12,14H2,1H3. The third-order valence-electron chi connectivity index (χ3n) is 6.43. The molecule has 0 bridgehead atoms. The van der Waals surface area contributed by atoms with Crippen molar-refractivity contribution in [3.63, 3.8) is 0 Å². The summed E-state index contributed by atoms with van der Waals surface area (Å²) in [4.78, 5) is 0. The summed E-state index contributed by atoms with van der Waals surface area (Å²) in [7, 11) is 0. The number of ether oxygens (including phenoxy) is 2. The lowest BCUT2D eigenvalue weighted by atomic mass is 9.64. The van der Waals surface area contributed by atoms with Crippen molar-refractivity contribution in [3.8, 4) is 0 Å². The molecule has 1 aromatic carbocycles. The first-order valence-corrected chi connectivity index (χ1v) is 10.0. The van der Waals surface area contributed by atoms with Gasteiger partial charge in [-0.1, -0.05) is 41.8 Å². The molecule has 3 heteroatoms. The summed E-state index contributed by atoms with van der Waals surface area (Å²) < 4.78 is 13.2. The van der Waals surface area contributed by atoms with Crippen LogP contribution in [-0.2, 0) is 15.9 Å². The van der Waals surface area contributed by atoms with Crippen molar-refractivity contribution in [2.45, 2.75) is 70.0 Å². The normalized spacial score (nSPS) is 27.7. The molecule has 4 rings (SSSR count). The van der Waals surface area contributed by atoms with E-state index in [0.717, 1.165) is 26.1 Å². The Morgan fingerprint density at radius 1 is 1.13 bits per heavy atom. The van der Waals surface area contributed by atoms with E-state index >= 15 is 0 Å². The van der Waals surface area contributed by atoms with Crippen LogP contribution in [0.15, 0.2) is 22.7 Å². The van der Waals surface area contributed by atoms with Crippen molar-refractivity contribution in [1.82, 2.24) is 0 Å². The molecule has 1 aromatic rings. The van der Waals surface area contributed by atoms with E-state index in [1.807, 2.05) is 0 Å². The molecule has 0 amide bonds. The maximum atomic E-state index is 5.97. The predicted molar refractivity (Wildman–Crippen MR) is 95.6 cm³/mol. The molecule has 23 heavy (non-hydrogen) atoms. The highest BCUT2D eigenvalue weighted by molar-refractivity contribution is 9.10. The summed E-state index contributed by atoms with van der Waals surface area (Å²) in [6, 6.07) is 6.94. The second-order valence-corrected chi connectivity index (χ2v) is 8.60. The molecule has 1 atom stereocenters. The number of halogens is 1. The molecule has 3 aliphatic rings. The van der Waals surface area contributed by atoms with Crippen LogP contribution in [0.4, 0.5) is 0 Å². The largest absolute Gasteiger partial charge is 0.348 e. The molecule has 1 saturated heterocycles. The Bertz CT molecular complexity index is 567. The molecule has 2 aliphatic carbocycles. The Morgan fingerprint density at radius 3 is 2.57 bits per heavy atom. The van der Waals surface area contributed by atoms with Gasteiger partial charge >= 0.3 is 0 Å². The van der Waals surface area contributed by atoms with Crippen LogP contribution in [0.25, 0.3) is 0 Å². The Balaban J connectivity index is 1.60. The average molecular weight is 379 g/mol. The molecule has 0 radical (unpaired) electrons. The lowest BCUT2D eigenvalue weighted by molar-refractivity contribution is -0.193. The van der Waals surface area contributed by atoms with Crippen molar-refractivity contribution in [2.75, 3.05) is 13.2 Å². The highest BCUT2D eigenvalue weighted by atomic mass is 79.9. The minimum Gasteiger partial charge on any atom is -0.348 e.